The van der Waals surface area contributed by atoms with Crippen molar-refractivity contribution in [2.45, 2.75) is 45.6 Å². The van der Waals surface area contributed by atoms with Crippen molar-refractivity contribution in [3.05, 3.63) is 30.1 Å². The topological polar surface area (TPSA) is 83.4 Å². The first-order valence-electron chi connectivity index (χ1n) is 8.33. The molecule has 0 aliphatic carbocycles. The van der Waals surface area contributed by atoms with Crippen LogP contribution in [0.15, 0.2) is 39.7 Å². The van der Waals surface area contributed by atoms with Crippen molar-refractivity contribution >= 4 is 17.4 Å². The van der Waals surface area contributed by atoms with Crippen molar-refractivity contribution in [3.8, 4) is 0 Å². The molecule has 1 fully saturated rings. The number of hydrogen-bond donors (Lipinski definition) is 1. The lowest BCUT2D eigenvalue weighted by Gasteiger charge is -2.36. The summed E-state index contributed by atoms with van der Waals surface area (Å²) in [5.41, 5.74) is 6.40. The smallest absolute Gasteiger partial charge is 0.226 e. The molecular formula is C17H24FN5O. The number of rotatable bonds is 5. The second kappa shape index (κ2) is 8.52. The monoisotopic (exact) mass is 333 g/mol. The Morgan fingerprint density at radius 1 is 1.46 bits per heavy atom. The summed E-state index contributed by atoms with van der Waals surface area (Å²) < 4.78 is 13.1. The van der Waals surface area contributed by atoms with E-state index >= 15 is 0 Å². The fraction of sp³-hybridized carbons (Fsp3) is 0.529. The minimum absolute atomic E-state index is 0.0349. The zero-order chi connectivity index (χ0) is 17.5. The van der Waals surface area contributed by atoms with Gasteiger partial charge in [0.15, 0.2) is 0 Å². The van der Waals surface area contributed by atoms with Crippen LogP contribution in [0.2, 0.25) is 0 Å². The largest absolute Gasteiger partial charge is 0.384 e. The van der Waals surface area contributed by atoms with Gasteiger partial charge in [0.05, 0.1) is 11.7 Å². The standard InChI is InChI=1S/C17H24FN5O/c1-3-12(2)17(24)23-10-5-4-9-15(23)16(19)21-22-20-14-8-6-7-13(18)11-14/h6-8,11-12,15H,3-5,9-10H2,1-2H3,(H2,19,20,21). The van der Waals surface area contributed by atoms with Crippen LogP contribution in [0.3, 0.4) is 0 Å². The molecule has 24 heavy (non-hydrogen) atoms. The van der Waals surface area contributed by atoms with Gasteiger partial charge >= 0.3 is 0 Å². The second-order valence-corrected chi connectivity index (χ2v) is 6.05. The van der Waals surface area contributed by atoms with Crippen LogP contribution in [0.4, 0.5) is 10.1 Å². The quantitative estimate of drug-likeness (QED) is 0.386. The summed E-state index contributed by atoms with van der Waals surface area (Å²) in [6.07, 6.45) is 3.52. The van der Waals surface area contributed by atoms with Gasteiger partial charge in [-0.15, -0.1) is 10.2 Å². The summed E-state index contributed by atoms with van der Waals surface area (Å²) in [5, 5.41) is 11.5. The van der Waals surface area contributed by atoms with Crippen molar-refractivity contribution in [3.63, 3.8) is 0 Å². The Morgan fingerprint density at radius 3 is 2.96 bits per heavy atom. The molecule has 1 aliphatic heterocycles. The maximum absolute atomic E-state index is 13.1. The molecule has 2 rings (SSSR count). The van der Waals surface area contributed by atoms with Crippen LogP contribution in [0.1, 0.15) is 39.5 Å². The molecule has 2 N–H and O–H groups in total. The van der Waals surface area contributed by atoms with E-state index in [2.05, 4.69) is 15.4 Å². The van der Waals surface area contributed by atoms with E-state index in [-0.39, 0.29) is 29.5 Å². The maximum Gasteiger partial charge on any atom is 0.226 e. The number of hydrogen-bond acceptors (Lipinski definition) is 3. The number of piperidine rings is 1. The van der Waals surface area contributed by atoms with E-state index in [1.54, 1.807) is 17.0 Å². The van der Waals surface area contributed by atoms with Crippen LogP contribution >= 0.6 is 0 Å². The van der Waals surface area contributed by atoms with E-state index in [1.165, 1.54) is 12.1 Å². The third-order valence-electron chi connectivity index (χ3n) is 4.29. The molecule has 0 aromatic heterocycles. The Bertz CT molecular complexity index is 631. The van der Waals surface area contributed by atoms with Gasteiger partial charge in [0, 0.05) is 18.5 Å². The highest BCUT2D eigenvalue weighted by Crippen LogP contribution is 2.21. The molecule has 0 spiro atoms. The van der Waals surface area contributed by atoms with Gasteiger partial charge in [-0.3, -0.25) is 4.79 Å². The Hall–Kier alpha value is -2.31. The average Bonchev–Trinajstić information content (AvgIpc) is 2.60. The van der Waals surface area contributed by atoms with Crippen LogP contribution in [0, 0.1) is 11.7 Å². The summed E-state index contributed by atoms with van der Waals surface area (Å²) >= 11 is 0. The third kappa shape index (κ3) is 4.59. The summed E-state index contributed by atoms with van der Waals surface area (Å²) in [7, 11) is 0. The second-order valence-electron chi connectivity index (χ2n) is 6.05. The number of nitrogens with zero attached hydrogens (tertiary/aromatic N) is 4. The van der Waals surface area contributed by atoms with Gasteiger partial charge in [0.2, 0.25) is 5.91 Å². The van der Waals surface area contributed by atoms with Gasteiger partial charge in [-0.25, -0.2) is 4.39 Å². The summed E-state index contributed by atoms with van der Waals surface area (Å²) in [6.45, 7) is 4.60. The van der Waals surface area contributed by atoms with Crippen molar-refractivity contribution in [2.24, 2.45) is 27.1 Å². The number of carbonyl (C=O) groups is 1. The van der Waals surface area contributed by atoms with Gasteiger partial charge < -0.3 is 10.6 Å². The minimum atomic E-state index is -0.388. The molecule has 2 atom stereocenters. The van der Waals surface area contributed by atoms with E-state index in [9.17, 15) is 9.18 Å². The lowest BCUT2D eigenvalue weighted by molar-refractivity contribution is -0.137. The van der Waals surface area contributed by atoms with Crippen LogP contribution in [0.25, 0.3) is 0 Å². The van der Waals surface area contributed by atoms with Gasteiger partial charge in [-0.1, -0.05) is 19.9 Å². The molecular weight excluding hydrogens is 309 g/mol. The Kier molecular flexibility index (Phi) is 6.40. The van der Waals surface area contributed by atoms with E-state index in [1.807, 2.05) is 13.8 Å². The van der Waals surface area contributed by atoms with E-state index in [4.69, 9.17) is 5.73 Å². The fourth-order valence-corrected chi connectivity index (χ4v) is 2.69. The molecule has 1 aromatic carbocycles. The Labute approximate surface area is 141 Å². The van der Waals surface area contributed by atoms with E-state index < -0.39 is 0 Å². The fourth-order valence-electron chi connectivity index (χ4n) is 2.69. The SMILES string of the molecule is CCC(C)C(=O)N1CCCCC1C(N)=NN=Nc1cccc(F)c1. The molecule has 1 amide bonds. The molecule has 6 nitrogen and oxygen atoms in total. The number of nitrogens with two attached hydrogens (primary N) is 1. The van der Waals surface area contributed by atoms with E-state index in [0.29, 0.717) is 12.2 Å². The number of benzene rings is 1. The summed E-state index contributed by atoms with van der Waals surface area (Å²) in [6, 6.07) is 5.51. The Morgan fingerprint density at radius 2 is 2.25 bits per heavy atom. The molecule has 2 unspecified atom stereocenters. The molecule has 0 radical (unpaired) electrons. The van der Waals surface area contributed by atoms with Gasteiger partial charge in [0.1, 0.15) is 11.7 Å². The lowest BCUT2D eigenvalue weighted by Crippen LogP contribution is -2.52. The first kappa shape index (κ1) is 18.0. The van der Waals surface area contributed by atoms with Crippen LogP contribution in [-0.2, 0) is 4.79 Å². The maximum atomic E-state index is 13.1. The molecule has 1 saturated heterocycles. The highest BCUT2D eigenvalue weighted by Gasteiger charge is 2.31. The van der Waals surface area contributed by atoms with Crippen molar-refractivity contribution in [2.75, 3.05) is 6.54 Å². The van der Waals surface area contributed by atoms with Gasteiger partial charge in [-0.2, -0.15) is 0 Å². The van der Waals surface area contributed by atoms with Crippen molar-refractivity contribution < 1.29 is 9.18 Å². The normalized spacial score (nSPS) is 20.4. The van der Waals surface area contributed by atoms with Crippen LogP contribution in [0.5, 0.6) is 0 Å². The van der Waals surface area contributed by atoms with Crippen LogP contribution < -0.4 is 5.73 Å². The minimum Gasteiger partial charge on any atom is -0.384 e. The molecule has 1 aliphatic rings. The van der Waals surface area contributed by atoms with Gasteiger partial charge in [0.25, 0.3) is 0 Å². The zero-order valence-electron chi connectivity index (χ0n) is 14.2. The lowest BCUT2D eigenvalue weighted by atomic mass is 9.98. The summed E-state index contributed by atoms with van der Waals surface area (Å²) in [4.78, 5) is 14.3. The average molecular weight is 333 g/mol. The first-order valence-corrected chi connectivity index (χ1v) is 8.33. The first-order chi connectivity index (χ1) is 11.5. The number of amides is 1. The summed E-state index contributed by atoms with van der Waals surface area (Å²) in [5.74, 6) is -0.0535. The molecule has 1 heterocycles. The number of amidine groups is 1. The number of halogens is 1. The number of likely N-dealkylation sites (tertiary alicyclic amines) is 1. The molecule has 0 saturated carbocycles. The molecule has 130 valence electrons. The van der Waals surface area contributed by atoms with Crippen molar-refractivity contribution in [1.82, 2.24) is 4.90 Å². The molecule has 0 bridgehead atoms. The van der Waals surface area contributed by atoms with Crippen molar-refractivity contribution in [1.29, 1.82) is 0 Å². The predicted molar refractivity (Wildman–Crippen MR) is 91.3 cm³/mol. The molecule has 7 heteroatoms. The zero-order valence-corrected chi connectivity index (χ0v) is 14.2. The molecule has 1 aromatic rings. The highest BCUT2D eigenvalue weighted by molar-refractivity contribution is 5.91. The Balaban J connectivity index is 2.10. The van der Waals surface area contributed by atoms with E-state index in [0.717, 1.165) is 25.7 Å². The predicted octanol–water partition coefficient (Wildman–Crippen LogP) is 3.61. The third-order valence-corrected chi connectivity index (χ3v) is 4.29. The highest BCUT2D eigenvalue weighted by atomic mass is 19.1. The number of carbonyl (C=O) groups excluding carboxylic acids is 1. The van der Waals surface area contributed by atoms with Gasteiger partial charge in [-0.05, 0) is 43.0 Å². The van der Waals surface area contributed by atoms with Crippen LogP contribution in [-0.4, -0.2) is 29.2 Å².